The van der Waals surface area contributed by atoms with Crippen LogP contribution in [-0.2, 0) is 19.4 Å². The molecule has 3 heteroatoms. The molecule has 1 aromatic heterocycles. The van der Waals surface area contributed by atoms with Crippen LogP contribution in [0.1, 0.15) is 50.3 Å². The minimum Gasteiger partial charge on any atom is -0.299 e. The highest BCUT2D eigenvalue weighted by molar-refractivity contribution is 5.18. The lowest BCUT2D eigenvalue weighted by molar-refractivity contribution is 0.546. The molecule has 0 amide bonds. The van der Waals surface area contributed by atoms with Gasteiger partial charge in [0, 0.05) is 17.8 Å². The molecule has 0 bridgehead atoms. The predicted molar refractivity (Wildman–Crippen MR) is 61.2 cm³/mol. The van der Waals surface area contributed by atoms with E-state index in [1.807, 2.05) is 0 Å². The van der Waals surface area contributed by atoms with E-state index in [1.54, 1.807) is 4.68 Å². The quantitative estimate of drug-likeness (QED) is 0.760. The highest BCUT2D eigenvalue weighted by atomic mass is 16.1. The van der Waals surface area contributed by atoms with Crippen LogP contribution in [0, 0.1) is 0 Å². The molecule has 0 unspecified atom stereocenters. The van der Waals surface area contributed by atoms with Crippen molar-refractivity contribution in [3.05, 3.63) is 21.6 Å². The standard InChI is InChI=1S/C12H20N2O/c1-2-3-9-14-12(15)10-7-5-4-6-8-11(10)13-14/h13H,2-9H2,1H3. The molecule has 84 valence electrons. The van der Waals surface area contributed by atoms with E-state index in [0.717, 1.165) is 37.8 Å². The second-order valence-electron chi connectivity index (χ2n) is 4.44. The highest BCUT2D eigenvalue weighted by Gasteiger charge is 2.15. The maximum absolute atomic E-state index is 12.0. The number of rotatable bonds is 3. The monoisotopic (exact) mass is 208 g/mol. The number of nitrogens with one attached hydrogen (secondary N) is 1. The first-order valence-electron chi connectivity index (χ1n) is 6.13. The van der Waals surface area contributed by atoms with Crippen LogP contribution in [0.4, 0.5) is 0 Å². The summed E-state index contributed by atoms with van der Waals surface area (Å²) in [4.78, 5) is 12.0. The van der Waals surface area contributed by atoms with Crippen molar-refractivity contribution in [2.45, 2.75) is 58.4 Å². The Balaban J connectivity index is 2.24. The predicted octanol–water partition coefficient (Wildman–Crippen LogP) is 2.25. The molecular formula is C12H20N2O. The van der Waals surface area contributed by atoms with Crippen molar-refractivity contribution < 1.29 is 0 Å². The van der Waals surface area contributed by atoms with E-state index in [2.05, 4.69) is 12.0 Å². The smallest absolute Gasteiger partial charge is 0.269 e. The molecule has 0 spiro atoms. The molecule has 1 aliphatic rings. The van der Waals surface area contributed by atoms with E-state index in [4.69, 9.17) is 0 Å². The van der Waals surface area contributed by atoms with Gasteiger partial charge in [-0.15, -0.1) is 0 Å². The molecule has 3 nitrogen and oxygen atoms in total. The van der Waals surface area contributed by atoms with E-state index < -0.39 is 0 Å². The molecule has 1 N–H and O–H groups in total. The summed E-state index contributed by atoms with van der Waals surface area (Å²) in [7, 11) is 0. The summed E-state index contributed by atoms with van der Waals surface area (Å²) in [6.45, 7) is 3.00. The van der Waals surface area contributed by atoms with Crippen LogP contribution >= 0.6 is 0 Å². The lowest BCUT2D eigenvalue weighted by Gasteiger charge is -1.99. The SMILES string of the molecule is CCCCn1[nH]c2c(c1=O)CCCCC2. The Morgan fingerprint density at radius 1 is 1.27 bits per heavy atom. The van der Waals surface area contributed by atoms with Crippen LogP contribution in [0.2, 0.25) is 0 Å². The van der Waals surface area contributed by atoms with Gasteiger partial charge in [0.1, 0.15) is 0 Å². The van der Waals surface area contributed by atoms with Crippen molar-refractivity contribution in [1.82, 2.24) is 9.78 Å². The number of aromatic amines is 1. The average molecular weight is 208 g/mol. The van der Waals surface area contributed by atoms with Crippen LogP contribution in [0.3, 0.4) is 0 Å². The Morgan fingerprint density at radius 2 is 2.07 bits per heavy atom. The minimum atomic E-state index is 0.236. The topological polar surface area (TPSA) is 37.8 Å². The van der Waals surface area contributed by atoms with Gasteiger partial charge in [0.15, 0.2) is 0 Å². The molecule has 0 fully saturated rings. The molecule has 0 aromatic carbocycles. The third-order valence-corrected chi connectivity index (χ3v) is 3.23. The molecule has 0 saturated carbocycles. The summed E-state index contributed by atoms with van der Waals surface area (Å²) in [5.41, 5.74) is 2.50. The molecular weight excluding hydrogens is 188 g/mol. The second kappa shape index (κ2) is 4.69. The summed E-state index contributed by atoms with van der Waals surface area (Å²) in [6, 6.07) is 0. The van der Waals surface area contributed by atoms with Crippen molar-refractivity contribution in [2.75, 3.05) is 0 Å². The number of fused-ring (bicyclic) bond motifs is 1. The molecule has 0 radical (unpaired) electrons. The summed E-state index contributed by atoms with van der Waals surface area (Å²) in [5, 5.41) is 3.28. The summed E-state index contributed by atoms with van der Waals surface area (Å²) < 4.78 is 1.81. The van der Waals surface area contributed by atoms with Gasteiger partial charge < -0.3 is 0 Å². The van der Waals surface area contributed by atoms with Gasteiger partial charge in [-0.3, -0.25) is 14.6 Å². The summed E-state index contributed by atoms with van der Waals surface area (Å²) in [6.07, 6.45) is 7.91. The zero-order valence-corrected chi connectivity index (χ0v) is 9.51. The molecule has 1 aromatic rings. The number of hydrogen-bond donors (Lipinski definition) is 1. The van der Waals surface area contributed by atoms with Gasteiger partial charge in [-0.2, -0.15) is 0 Å². The first-order chi connectivity index (χ1) is 7.33. The first kappa shape index (κ1) is 10.5. The second-order valence-corrected chi connectivity index (χ2v) is 4.44. The lowest BCUT2D eigenvalue weighted by atomic mass is 10.1. The van der Waals surface area contributed by atoms with Gasteiger partial charge in [0.25, 0.3) is 5.56 Å². The van der Waals surface area contributed by atoms with Crippen molar-refractivity contribution in [1.29, 1.82) is 0 Å². The number of unbranched alkanes of at least 4 members (excludes halogenated alkanes) is 1. The number of aromatic nitrogens is 2. The number of aryl methyl sites for hydroxylation is 2. The van der Waals surface area contributed by atoms with E-state index in [0.29, 0.717) is 0 Å². The molecule has 0 saturated heterocycles. The van der Waals surface area contributed by atoms with Crippen molar-refractivity contribution in [3.63, 3.8) is 0 Å². The fourth-order valence-electron chi connectivity index (χ4n) is 2.29. The maximum Gasteiger partial charge on any atom is 0.269 e. The van der Waals surface area contributed by atoms with E-state index in [1.165, 1.54) is 25.0 Å². The van der Waals surface area contributed by atoms with Crippen molar-refractivity contribution in [3.8, 4) is 0 Å². The normalized spacial score (nSPS) is 16.1. The first-order valence-corrected chi connectivity index (χ1v) is 6.13. The lowest BCUT2D eigenvalue weighted by Crippen LogP contribution is -2.19. The van der Waals surface area contributed by atoms with Crippen LogP contribution in [0.5, 0.6) is 0 Å². The van der Waals surface area contributed by atoms with Crippen LogP contribution < -0.4 is 5.56 Å². The molecule has 0 atom stereocenters. The average Bonchev–Trinajstić information content (AvgIpc) is 2.44. The van der Waals surface area contributed by atoms with Crippen LogP contribution in [0.15, 0.2) is 4.79 Å². The van der Waals surface area contributed by atoms with Gasteiger partial charge in [0.2, 0.25) is 0 Å². The van der Waals surface area contributed by atoms with Gasteiger partial charge >= 0.3 is 0 Å². The third kappa shape index (κ3) is 2.16. The Labute approximate surface area is 90.5 Å². The molecule has 2 rings (SSSR count). The molecule has 1 aliphatic carbocycles. The summed E-state index contributed by atoms with van der Waals surface area (Å²) in [5.74, 6) is 0. The third-order valence-electron chi connectivity index (χ3n) is 3.23. The van der Waals surface area contributed by atoms with Gasteiger partial charge in [0.05, 0.1) is 0 Å². The van der Waals surface area contributed by atoms with E-state index >= 15 is 0 Å². The zero-order valence-electron chi connectivity index (χ0n) is 9.51. The van der Waals surface area contributed by atoms with Crippen LogP contribution in [-0.4, -0.2) is 9.78 Å². The van der Waals surface area contributed by atoms with Gasteiger partial charge in [-0.05, 0) is 32.1 Å². The van der Waals surface area contributed by atoms with Gasteiger partial charge in [-0.1, -0.05) is 19.8 Å². The van der Waals surface area contributed by atoms with Crippen LogP contribution in [0.25, 0.3) is 0 Å². The Morgan fingerprint density at radius 3 is 2.87 bits per heavy atom. The van der Waals surface area contributed by atoms with Crippen molar-refractivity contribution >= 4 is 0 Å². The fraction of sp³-hybridized carbons (Fsp3) is 0.750. The van der Waals surface area contributed by atoms with Gasteiger partial charge in [-0.25, -0.2) is 0 Å². The van der Waals surface area contributed by atoms with E-state index in [9.17, 15) is 4.79 Å². The molecule has 0 aliphatic heterocycles. The molecule has 15 heavy (non-hydrogen) atoms. The zero-order chi connectivity index (χ0) is 10.7. The number of nitrogens with zero attached hydrogens (tertiary/aromatic N) is 1. The minimum absolute atomic E-state index is 0.236. The number of hydrogen-bond acceptors (Lipinski definition) is 1. The Kier molecular flexibility index (Phi) is 3.29. The summed E-state index contributed by atoms with van der Waals surface area (Å²) >= 11 is 0. The van der Waals surface area contributed by atoms with E-state index in [-0.39, 0.29) is 5.56 Å². The largest absolute Gasteiger partial charge is 0.299 e. The Bertz CT molecular complexity index is 375. The highest BCUT2D eigenvalue weighted by Crippen LogP contribution is 2.15. The number of H-pyrrole nitrogens is 1. The Hall–Kier alpha value is -0.990. The van der Waals surface area contributed by atoms with Crippen molar-refractivity contribution in [2.24, 2.45) is 0 Å². The maximum atomic E-state index is 12.0. The fourth-order valence-corrected chi connectivity index (χ4v) is 2.29. The molecule has 1 heterocycles.